The standard InChI is InChI=1S/C8H7NS2/c1-2-4-9-7(3-1)8-5-10-6-11-8/h1-5H,6H2/p+1. The minimum atomic E-state index is 1.15. The van der Waals surface area contributed by atoms with Gasteiger partial charge in [-0.15, -0.1) is 23.5 Å². The lowest BCUT2D eigenvalue weighted by molar-refractivity contribution is -0.381. The fraction of sp³-hybridized carbons (Fsp3) is 0.125. The molecule has 0 saturated heterocycles. The van der Waals surface area contributed by atoms with Crippen molar-refractivity contribution in [3.63, 3.8) is 0 Å². The van der Waals surface area contributed by atoms with Gasteiger partial charge in [0.1, 0.15) is 0 Å². The van der Waals surface area contributed by atoms with Crippen LogP contribution in [0.3, 0.4) is 0 Å². The molecule has 0 unspecified atom stereocenters. The van der Waals surface area contributed by atoms with E-state index in [1.165, 1.54) is 10.6 Å². The highest BCUT2D eigenvalue weighted by atomic mass is 32.2. The molecule has 0 radical (unpaired) electrons. The van der Waals surface area contributed by atoms with Gasteiger partial charge in [0.05, 0.1) is 4.91 Å². The Hall–Kier alpha value is -0.410. The molecule has 1 aliphatic heterocycles. The van der Waals surface area contributed by atoms with Gasteiger partial charge in [0.25, 0.3) is 0 Å². The van der Waals surface area contributed by atoms with Crippen LogP contribution in [0.4, 0.5) is 0 Å². The van der Waals surface area contributed by atoms with E-state index in [2.05, 4.69) is 22.5 Å². The van der Waals surface area contributed by atoms with Gasteiger partial charge in [-0.2, -0.15) is 0 Å². The first kappa shape index (κ1) is 7.25. The molecule has 2 rings (SSSR count). The largest absolute Gasteiger partial charge is 0.217 e. The average molecular weight is 182 g/mol. The summed E-state index contributed by atoms with van der Waals surface area (Å²) in [6.45, 7) is 0. The number of H-pyrrole nitrogens is 1. The monoisotopic (exact) mass is 182 g/mol. The van der Waals surface area contributed by atoms with Gasteiger partial charge in [-0.3, -0.25) is 0 Å². The van der Waals surface area contributed by atoms with E-state index in [0.717, 1.165) is 5.08 Å². The molecule has 0 fully saturated rings. The van der Waals surface area contributed by atoms with Crippen LogP contribution in [0.15, 0.2) is 29.8 Å². The summed E-state index contributed by atoms with van der Waals surface area (Å²) in [6.07, 6.45) is 1.96. The maximum Gasteiger partial charge on any atom is 0.217 e. The zero-order valence-corrected chi connectivity index (χ0v) is 7.54. The first-order valence-electron chi connectivity index (χ1n) is 3.38. The van der Waals surface area contributed by atoms with Crippen molar-refractivity contribution in [3.05, 3.63) is 35.5 Å². The Kier molecular flexibility index (Phi) is 2.19. The van der Waals surface area contributed by atoms with Crippen LogP contribution < -0.4 is 4.98 Å². The number of aromatic amines is 1. The highest BCUT2D eigenvalue weighted by Crippen LogP contribution is 2.37. The third kappa shape index (κ3) is 1.60. The molecule has 0 saturated carbocycles. The number of hydrogen-bond acceptors (Lipinski definition) is 2. The second kappa shape index (κ2) is 3.32. The molecule has 0 atom stereocenters. The summed E-state index contributed by atoms with van der Waals surface area (Å²) in [7, 11) is 0. The quantitative estimate of drug-likeness (QED) is 0.661. The highest BCUT2D eigenvalue weighted by molar-refractivity contribution is 8.25. The highest BCUT2D eigenvalue weighted by Gasteiger charge is 2.12. The lowest BCUT2D eigenvalue weighted by Crippen LogP contribution is -2.06. The summed E-state index contributed by atoms with van der Waals surface area (Å²) in [6, 6.07) is 6.15. The van der Waals surface area contributed by atoms with Crippen LogP contribution in [0.1, 0.15) is 5.69 Å². The van der Waals surface area contributed by atoms with Crippen LogP contribution in [0.2, 0.25) is 0 Å². The van der Waals surface area contributed by atoms with Crippen LogP contribution in [-0.2, 0) is 0 Å². The molecular formula is C8H8NS2+. The van der Waals surface area contributed by atoms with E-state index >= 15 is 0 Å². The summed E-state index contributed by atoms with van der Waals surface area (Å²) < 4.78 is 0. The van der Waals surface area contributed by atoms with Crippen molar-refractivity contribution in [2.24, 2.45) is 0 Å². The van der Waals surface area contributed by atoms with Gasteiger partial charge in [-0.25, -0.2) is 4.98 Å². The molecule has 1 aromatic heterocycles. The van der Waals surface area contributed by atoms with E-state index in [4.69, 9.17) is 0 Å². The summed E-state index contributed by atoms with van der Waals surface area (Å²) in [4.78, 5) is 4.56. The maximum atomic E-state index is 3.21. The predicted molar refractivity (Wildman–Crippen MR) is 51.0 cm³/mol. The fourth-order valence-electron chi connectivity index (χ4n) is 0.929. The molecule has 0 bridgehead atoms. The number of pyridine rings is 1. The van der Waals surface area contributed by atoms with Crippen molar-refractivity contribution in [1.82, 2.24) is 0 Å². The van der Waals surface area contributed by atoms with Gasteiger partial charge in [0.15, 0.2) is 6.20 Å². The molecule has 1 aromatic rings. The molecule has 0 amide bonds. The Bertz CT molecular complexity index is 269. The van der Waals surface area contributed by atoms with Crippen LogP contribution >= 0.6 is 23.5 Å². The topological polar surface area (TPSA) is 14.1 Å². The Labute approximate surface area is 74.3 Å². The van der Waals surface area contributed by atoms with Crippen molar-refractivity contribution in [2.75, 3.05) is 5.08 Å². The van der Waals surface area contributed by atoms with E-state index in [1.807, 2.05) is 35.8 Å². The molecule has 1 nitrogen and oxygen atoms in total. The van der Waals surface area contributed by atoms with E-state index < -0.39 is 0 Å². The van der Waals surface area contributed by atoms with E-state index in [1.54, 1.807) is 0 Å². The SMILES string of the molecule is C1=C(c2cccc[nH+]2)SCS1. The molecule has 0 aliphatic carbocycles. The third-order valence-electron chi connectivity index (χ3n) is 1.45. The van der Waals surface area contributed by atoms with Gasteiger partial charge in [-0.05, 0) is 11.5 Å². The summed E-state index contributed by atoms with van der Waals surface area (Å²) in [5.41, 5.74) is 1.22. The van der Waals surface area contributed by atoms with Crippen molar-refractivity contribution >= 4 is 28.4 Å². The molecular weight excluding hydrogens is 174 g/mol. The van der Waals surface area contributed by atoms with E-state index in [9.17, 15) is 0 Å². The Balaban J connectivity index is 2.29. The van der Waals surface area contributed by atoms with Crippen molar-refractivity contribution in [2.45, 2.75) is 0 Å². The van der Waals surface area contributed by atoms with Crippen molar-refractivity contribution in [3.8, 4) is 0 Å². The number of rotatable bonds is 1. The number of hydrogen-bond donors (Lipinski definition) is 0. The number of thioether (sulfide) groups is 2. The molecule has 0 aromatic carbocycles. The molecule has 0 spiro atoms. The molecule has 3 heteroatoms. The van der Waals surface area contributed by atoms with Gasteiger partial charge in [-0.1, -0.05) is 0 Å². The summed E-state index contributed by atoms with van der Waals surface area (Å²) >= 11 is 3.75. The second-order valence-corrected chi connectivity index (χ2v) is 4.43. The van der Waals surface area contributed by atoms with E-state index in [0.29, 0.717) is 0 Å². The van der Waals surface area contributed by atoms with Crippen molar-refractivity contribution in [1.29, 1.82) is 0 Å². The van der Waals surface area contributed by atoms with Crippen LogP contribution in [-0.4, -0.2) is 5.08 Å². The molecule has 2 heterocycles. The molecule has 56 valence electrons. The van der Waals surface area contributed by atoms with Gasteiger partial charge >= 0.3 is 0 Å². The summed E-state index contributed by atoms with van der Waals surface area (Å²) in [5.74, 6) is 0. The minimum Gasteiger partial charge on any atom is -0.211 e. The third-order valence-corrected chi connectivity index (χ3v) is 3.66. The summed E-state index contributed by atoms with van der Waals surface area (Å²) in [5, 5.41) is 3.36. The van der Waals surface area contributed by atoms with Crippen LogP contribution in [0, 0.1) is 0 Å². The van der Waals surface area contributed by atoms with Crippen LogP contribution in [0.5, 0.6) is 0 Å². The van der Waals surface area contributed by atoms with Gasteiger partial charge in [0.2, 0.25) is 5.69 Å². The minimum absolute atomic E-state index is 1.15. The van der Waals surface area contributed by atoms with Crippen molar-refractivity contribution < 1.29 is 4.98 Å². The number of nitrogens with one attached hydrogen (secondary N) is 1. The lowest BCUT2D eigenvalue weighted by atomic mass is 10.3. The fourth-order valence-corrected chi connectivity index (χ4v) is 3.02. The molecule has 1 aliphatic rings. The lowest BCUT2D eigenvalue weighted by Gasteiger charge is -1.90. The maximum absolute atomic E-state index is 3.21. The first-order chi connectivity index (χ1) is 5.47. The van der Waals surface area contributed by atoms with Gasteiger partial charge < -0.3 is 0 Å². The predicted octanol–water partition coefficient (Wildman–Crippen LogP) is 2.24. The normalized spacial score (nSPS) is 16.5. The first-order valence-corrected chi connectivity index (χ1v) is 5.42. The Morgan fingerprint density at radius 1 is 1.36 bits per heavy atom. The second-order valence-electron chi connectivity index (χ2n) is 2.19. The molecule has 1 N–H and O–H groups in total. The zero-order chi connectivity index (χ0) is 7.52. The van der Waals surface area contributed by atoms with Gasteiger partial charge in [0, 0.05) is 17.2 Å². The average Bonchev–Trinajstić information content (AvgIpc) is 2.58. The Morgan fingerprint density at radius 3 is 3.00 bits per heavy atom. The number of aromatic nitrogens is 1. The zero-order valence-electron chi connectivity index (χ0n) is 5.91. The Morgan fingerprint density at radius 2 is 2.36 bits per heavy atom. The van der Waals surface area contributed by atoms with Crippen LogP contribution in [0.25, 0.3) is 4.91 Å². The smallest absolute Gasteiger partial charge is 0.211 e. The molecule has 11 heavy (non-hydrogen) atoms. The van der Waals surface area contributed by atoms with E-state index in [-0.39, 0.29) is 0 Å².